The summed E-state index contributed by atoms with van der Waals surface area (Å²) in [5, 5.41) is 7.57. The number of amides is 1. The first-order valence-electron chi connectivity index (χ1n) is 7.59. The molecule has 0 saturated carbocycles. The number of oxime groups is 1. The number of amidine groups is 1. The molecule has 1 unspecified atom stereocenters. The highest BCUT2D eigenvalue weighted by Gasteiger charge is 2.44. The van der Waals surface area contributed by atoms with Gasteiger partial charge in [0.05, 0.1) is 5.41 Å². The van der Waals surface area contributed by atoms with E-state index in [9.17, 15) is 4.79 Å². The fraction of sp³-hybridized carbons (Fsp3) is 0.529. The highest BCUT2D eigenvalue weighted by molar-refractivity contribution is 5.97. The van der Waals surface area contributed by atoms with Gasteiger partial charge in [-0.3, -0.25) is 4.79 Å². The molecule has 1 N–H and O–H groups in total. The lowest BCUT2D eigenvalue weighted by Crippen LogP contribution is -2.59. The minimum absolute atomic E-state index is 0.0348. The summed E-state index contributed by atoms with van der Waals surface area (Å²) in [5.74, 6) is 0.664. The maximum Gasteiger partial charge on any atom is 0.230 e. The van der Waals surface area contributed by atoms with Gasteiger partial charge in [0, 0.05) is 14.1 Å². The van der Waals surface area contributed by atoms with Crippen molar-refractivity contribution in [2.45, 2.75) is 32.7 Å². The number of rotatable bonds is 2. The molecule has 1 aliphatic rings. The highest BCUT2D eigenvalue weighted by atomic mass is 16.6. The Balaban J connectivity index is 2.62. The average molecular weight is 303 g/mol. The summed E-state index contributed by atoms with van der Waals surface area (Å²) < 4.78 is 0. The zero-order valence-electron chi connectivity index (χ0n) is 14.0. The molecule has 1 aromatic carbocycles. The Kier molecular flexibility index (Phi) is 4.44. The van der Waals surface area contributed by atoms with Gasteiger partial charge in [0.25, 0.3) is 0 Å². The predicted octanol–water partition coefficient (Wildman–Crippen LogP) is 2.34. The maximum absolute atomic E-state index is 12.7. The standard InChI is InChI=1S/C17H25N3O2/c1-6-17(13-10-8-7-9-11-13)14(20(4)5)19-22-12-16(2,3)15(21)18-17/h7-11H,6,12H2,1-5H3,(H,18,21)/b19-14+. The molecule has 1 amide bonds. The van der Waals surface area contributed by atoms with Crippen LogP contribution in [0.3, 0.4) is 0 Å². The number of likely N-dealkylation sites (N-methyl/N-ethyl adjacent to an activating group) is 1. The van der Waals surface area contributed by atoms with Crippen LogP contribution in [-0.2, 0) is 15.2 Å². The van der Waals surface area contributed by atoms with Gasteiger partial charge in [0.1, 0.15) is 12.1 Å². The third-order valence-electron chi connectivity index (χ3n) is 4.12. The van der Waals surface area contributed by atoms with Gasteiger partial charge in [0.15, 0.2) is 5.84 Å². The fourth-order valence-corrected chi connectivity index (χ4v) is 2.66. The van der Waals surface area contributed by atoms with Crippen molar-refractivity contribution < 1.29 is 9.63 Å². The highest BCUT2D eigenvalue weighted by Crippen LogP contribution is 2.32. The third kappa shape index (κ3) is 2.80. The Bertz CT molecular complexity index is 567. The molecule has 1 heterocycles. The van der Waals surface area contributed by atoms with Crippen molar-refractivity contribution in [3.05, 3.63) is 35.9 Å². The van der Waals surface area contributed by atoms with Crippen LogP contribution in [0.25, 0.3) is 0 Å². The molecule has 1 atom stereocenters. The van der Waals surface area contributed by atoms with Crippen LogP contribution in [0.1, 0.15) is 32.8 Å². The van der Waals surface area contributed by atoms with Crippen LogP contribution in [0.5, 0.6) is 0 Å². The lowest BCUT2D eigenvalue weighted by atomic mass is 9.82. The molecule has 0 saturated heterocycles. The largest absolute Gasteiger partial charge is 0.393 e. The van der Waals surface area contributed by atoms with E-state index in [0.29, 0.717) is 12.3 Å². The average Bonchev–Trinajstić information content (AvgIpc) is 2.49. The molecule has 22 heavy (non-hydrogen) atoms. The summed E-state index contributed by atoms with van der Waals surface area (Å²) in [7, 11) is 3.82. The van der Waals surface area contributed by atoms with Gasteiger partial charge in [-0.25, -0.2) is 0 Å². The molecule has 0 fully saturated rings. The van der Waals surface area contributed by atoms with E-state index in [1.807, 2.05) is 70.1 Å². The van der Waals surface area contributed by atoms with E-state index in [1.54, 1.807) is 0 Å². The van der Waals surface area contributed by atoms with Crippen molar-refractivity contribution in [3.63, 3.8) is 0 Å². The van der Waals surface area contributed by atoms with E-state index in [1.165, 1.54) is 0 Å². The number of carbonyl (C=O) groups excluding carboxylic acids is 1. The Morgan fingerprint density at radius 2 is 1.91 bits per heavy atom. The normalized spacial score (nSPS) is 26.8. The van der Waals surface area contributed by atoms with Crippen molar-refractivity contribution in [2.24, 2.45) is 10.6 Å². The zero-order valence-corrected chi connectivity index (χ0v) is 14.0. The molecule has 0 bridgehead atoms. The van der Waals surface area contributed by atoms with Crippen LogP contribution in [0, 0.1) is 5.41 Å². The molecule has 0 radical (unpaired) electrons. The van der Waals surface area contributed by atoms with Crippen LogP contribution in [0.2, 0.25) is 0 Å². The topological polar surface area (TPSA) is 53.9 Å². The van der Waals surface area contributed by atoms with E-state index >= 15 is 0 Å². The predicted molar refractivity (Wildman–Crippen MR) is 87.4 cm³/mol. The molecular formula is C17H25N3O2. The minimum Gasteiger partial charge on any atom is -0.393 e. The second-order valence-electron chi connectivity index (χ2n) is 6.55. The smallest absolute Gasteiger partial charge is 0.230 e. The molecule has 0 aliphatic carbocycles. The van der Waals surface area contributed by atoms with Gasteiger partial charge in [-0.2, -0.15) is 0 Å². The number of benzene rings is 1. The van der Waals surface area contributed by atoms with Crippen LogP contribution in [0.15, 0.2) is 35.5 Å². The minimum atomic E-state index is -0.695. The third-order valence-corrected chi connectivity index (χ3v) is 4.12. The molecular weight excluding hydrogens is 278 g/mol. The van der Waals surface area contributed by atoms with E-state index < -0.39 is 11.0 Å². The lowest BCUT2D eigenvalue weighted by molar-refractivity contribution is -0.135. The van der Waals surface area contributed by atoms with E-state index in [4.69, 9.17) is 4.84 Å². The Morgan fingerprint density at radius 3 is 2.45 bits per heavy atom. The van der Waals surface area contributed by atoms with Gasteiger partial charge in [-0.15, -0.1) is 0 Å². The fourth-order valence-electron chi connectivity index (χ4n) is 2.66. The Morgan fingerprint density at radius 1 is 1.27 bits per heavy atom. The van der Waals surface area contributed by atoms with E-state index in [0.717, 1.165) is 5.56 Å². The summed E-state index contributed by atoms with van der Waals surface area (Å²) in [4.78, 5) is 20.1. The monoisotopic (exact) mass is 303 g/mol. The van der Waals surface area contributed by atoms with Crippen LogP contribution in [0.4, 0.5) is 0 Å². The lowest BCUT2D eigenvalue weighted by Gasteiger charge is -2.41. The van der Waals surface area contributed by atoms with Crippen LogP contribution >= 0.6 is 0 Å². The van der Waals surface area contributed by atoms with Gasteiger partial charge in [-0.1, -0.05) is 42.4 Å². The molecule has 5 nitrogen and oxygen atoms in total. The molecule has 1 aliphatic heterocycles. The molecule has 0 spiro atoms. The molecule has 1 aromatic rings. The van der Waals surface area contributed by atoms with Gasteiger partial charge >= 0.3 is 0 Å². The van der Waals surface area contributed by atoms with Gasteiger partial charge in [-0.05, 0) is 25.8 Å². The summed E-state index contributed by atoms with van der Waals surface area (Å²) in [6.45, 7) is 6.03. The number of hydrogen-bond donors (Lipinski definition) is 1. The van der Waals surface area contributed by atoms with Gasteiger partial charge in [0.2, 0.25) is 5.91 Å². The molecule has 5 heteroatoms. The van der Waals surface area contributed by atoms with Crippen molar-refractivity contribution in [2.75, 3.05) is 20.7 Å². The van der Waals surface area contributed by atoms with E-state index in [-0.39, 0.29) is 12.5 Å². The van der Waals surface area contributed by atoms with E-state index in [2.05, 4.69) is 10.5 Å². The number of carbonyl (C=O) groups is 1. The number of nitrogens with one attached hydrogen (secondary N) is 1. The van der Waals surface area contributed by atoms with Crippen LogP contribution in [-0.4, -0.2) is 37.3 Å². The number of hydrogen-bond acceptors (Lipinski definition) is 4. The summed E-state index contributed by atoms with van der Waals surface area (Å²) >= 11 is 0. The van der Waals surface area contributed by atoms with Crippen LogP contribution < -0.4 is 5.32 Å². The van der Waals surface area contributed by atoms with Crippen molar-refractivity contribution in [3.8, 4) is 0 Å². The molecule has 0 aromatic heterocycles. The first-order chi connectivity index (χ1) is 10.3. The second kappa shape index (κ2) is 5.99. The Hall–Kier alpha value is -2.04. The van der Waals surface area contributed by atoms with Crippen molar-refractivity contribution >= 4 is 11.7 Å². The first-order valence-corrected chi connectivity index (χ1v) is 7.59. The molecule has 120 valence electrons. The Labute approximate surface area is 132 Å². The second-order valence-corrected chi connectivity index (χ2v) is 6.55. The maximum atomic E-state index is 12.7. The SMILES string of the molecule is CCC1(c2ccccc2)NC(=O)C(C)(C)CO/N=C\1N(C)C. The van der Waals surface area contributed by atoms with Crippen molar-refractivity contribution in [1.82, 2.24) is 10.2 Å². The zero-order chi connectivity index (χ0) is 16.4. The number of nitrogens with zero attached hydrogens (tertiary/aromatic N) is 2. The summed E-state index contributed by atoms with van der Waals surface area (Å²) in [6, 6.07) is 9.92. The quantitative estimate of drug-likeness (QED) is 0.912. The van der Waals surface area contributed by atoms with Crippen molar-refractivity contribution in [1.29, 1.82) is 0 Å². The molecule has 2 rings (SSSR count). The summed E-state index contributed by atoms with van der Waals surface area (Å²) in [5.41, 5.74) is -0.324. The van der Waals surface area contributed by atoms with Gasteiger partial charge < -0.3 is 15.1 Å². The first kappa shape index (κ1) is 16.3. The summed E-state index contributed by atoms with van der Waals surface area (Å²) in [6.07, 6.45) is 0.680.